The largest absolute Gasteiger partial charge is 0.497 e. The minimum Gasteiger partial charge on any atom is -0.497 e. The van der Waals surface area contributed by atoms with Crippen LogP contribution in [0.25, 0.3) is 0 Å². The maximum absolute atomic E-state index is 12.1. The number of esters is 1. The van der Waals surface area contributed by atoms with Crippen molar-refractivity contribution in [1.82, 2.24) is 0 Å². The number of benzene rings is 2. The number of ether oxygens (including phenoxy) is 5. The summed E-state index contributed by atoms with van der Waals surface area (Å²) < 4.78 is 26.8. The average molecular weight is 344 g/mol. The van der Waals surface area contributed by atoms with Crippen LogP contribution >= 0.6 is 0 Å². The van der Waals surface area contributed by atoms with Gasteiger partial charge in [-0.05, 0) is 23.8 Å². The van der Waals surface area contributed by atoms with Gasteiger partial charge in [-0.2, -0.15) is 0 Å². The van der Waals surface area contributed by atoms with Gasteiger partial charge in [0.15, 0.2) is 11.5 Å². The van der Waals surface area contributed by atoms with E-state index >= 15 is 0 Å². The van der Waals surface area contributed by atoms with Crippen molar-refractivity contribution in [3.63, 3.8) is 0 Å². The molecule has 0 saturated heterocycles. The summed E-state index contributed by atoms with van der Waals surface area (Å²) in [5.74, 6) is 2.29. The molecule has 0 radical (unpaired) electrons. The quantitative estimate of drug-likeness (QED) is 0.613. The van der Waals surface area contributed by atoms with Gasteiger partial charge in [-0.3, -0.25) is 4.79 Å². The summed E-state index contributed by atoms with van der Waals surface area (Å²) in [6, 6.07) is 9.20. The molecule has 3 rings (SSSR count). The topological polar surface area (TPSA) is 63.2 Å². The Bertz CT molecular complexity index is 773. The van der Waals surface area contributed by atoms with E-state index in [-0.39, 0.29) is 18.3 Å². The Labute approximate surface area is 146 Å². The molecule has 0 aliphatic carbocycles. The Kier molecular flexibility index (Phi) is 4.70. The number of hydrogen-bond acceptors (Lipinski definition) is 6. The average Bonchev–Trinajstić information content (AvgIpc) is 2.65. The molecule has 132 valence electrons. The van der Waals surface area contributed by atoms with Gasteiger partial charge in [0, 0.05) is 17.5 Å². The fourth-order valence-electron chi connectivity index (χ4n) is 3.06. The van der Waals surface area contributed by atoms with E-state index in [1.165, 1.54) is 0 Å². The molecule has 1 atom stereocenters. The van der Waals surface area contributed by atoms with Crippen LogP contribution in [-0.4, -0.2) is 34.4 Å². The first-order valence-electron chi connectivity index (χ1n) is 7.79. The number of fused-ring (bicyclic) bond motifs is 1. The summed E-state index contributed by atoms with van der Waals surface area (Å²) in [6.45, 7) is 0. The normalized spacial score (nSPS) is 15.8. The third-order valence-corrected chi connectivity index (χ3v) is 4.28. The van der Waals surface area contributed by atoms with Crippen molar-refractivity contribution in [2.75, 3.05) is 28.4 Å². The van der Waals surface area contributed by atoms with E-state index in [9.17, 15) is 4.79 Å². The highest BCUT2D eigenvalue weighted by Gasteiger charge is 2.30. The van der Waals surface area contributed by atoms with Crippen molar-refractivity contribution >= 4 is 5.97 Å². The van der Waals surface area contributed by atoms with Crippen molar-refractivity contribution in [3.8, 4) is 28.7 Å². The third-order valence-electron chi connectivity index (χ3n) is 4.28. The second-order valence-electron chi connectivity index (χ2n) is 5.59. The van der Waals surface area contributed by atoms with E-state index in [0.717, 1.165) is 11.1 Å². The maximum Gasteiger partial charge on any atom is 0.312 e. The van der Waals surface area contributed by atoms with E-state index in [1.807, 2.05) is 24.3 Å². The second kappa shape index (κ2) is 6.93. The molecule has 0 fully saturated rings. The third kappa shape index (κ3) is 3.07. The van der Waals surface area contributed by atoms with E-state index in [4.69, 9.17) is 23.7 Å². The number of carbonyl (C=O) groups is 1. The Morgan fingerprint density at radius 2 is 1.60 bits per heavy atom. The van der Waals surface area contributed by atoms with Crippen LogP contribution in [0.1, 0.15) is 23.5 Å². The molecule has 6 nitrogen and oxygen atoms in total. The zero-order valence-electron chi connectivity index (χ0n) is 14.6. The molecular formula is C19H20O6. The summed E-state index contributed by atoms with van der Waals surface area (Å²) in [7, 11) is 6.26. The lowest BCUT2D eigenvalue weighted by Gasteiger charge is -2.26. The molecule has 0 saturated carbocycles. The summed E-state index contributed by atoms with van der Waals surface area (Å²) >= 11 is 0. The Balaban J connectivity index is 2.12. The molecule has 2 aromatic rings. The van der Waals surface area contributed by atoms with Gasteiger partial charge < -0.3 is 23.7 Å². The predicted octanol–water partition coefficient (Wildman–Crippen LogP) is 3.16. The highest BCUT2D eigenvalue weighted by Crippen LogP contribution is 2.45. The summed E-state index contributed by atoms with van der Waals surface area (Å²) in [4.78, 5) is 12.1. The summed E-state index contributed by atoms with van der Waals surface area (Å²) in [6.07, 6.45) is 0.234. The van der Waals surface area contributed by atoms with Crippen LogP contribution < -0.4 is 23.7 Å². The summed E-state index contributed by atoms with van der Waals surface area (Å²) in [5, 5.41) is 0. The fourth-order valence-corrected chi connectivity index (χ4v) is 3.06. The van der Waals surface area contributed by atoms with Crippen LogP contribution in [0.15, 0.2) is 30.3 Å². The Hall–Kier alpha value is -2.89. The van der Waals surface area contributed by atoms with Crippen molar-refractivity contribution in [2.24, 2.45) is 0 Å². The minimum atomic E-state index is -0.292. The van der Waals surface area contributed by atoms with Crippen LogP contribution in [0.4, 0.5) is 0 Å². The fraction of sp³-hybridized carbons (Fsp3) is 0.316. The monoisotopic (exact) mass is 344 g/mol. The molecular weight excluding hydrogens is 324 g/mol. The van der Waals surface area contributed by atoms with Gasteiger partial charge in [0.05, 0.1) is 34.9 Å². The van der Waals surface area contributed by atoms with E-state index in [2.05, 4.69) is 0 Å². The van der Waals surface area contributed by atoms with E-state index in [0.29, 0.717) is 28.7 Å². The van der Waals surface area contributed by atoms with Crippen LogP contribution in [0.2, 0.25) is 0 Å². The highest BCUT2D eigenvalue weighted by molar-refractivity contribution is 5.78. The molecule has 0 bridgehead atoms. The number of carbonyl (C=O) groups excluding carboxylic acids is 1. The Morgan fingerprint density at radius 1 is 0.920 bits per heavy atom. The van der Waals surface area contributed by atoms with Crippen molar-refractivity contribution in [3.05, 3.63) is 41.5 Å². The van der Waals surface area contributed by atoms with Gasteiger partial charge in [-0.25, -0.2) is 0 Å². The Morgan fingerprint density at radius 3 is 2.16 bits per heavy atom. The van der Waals surface area contributed by atoms with Crippen molar-refractivity contribution in [1.29, 1.82) is 0 Å². The highest BCUT2D eigenvalue weighted by atomic mass is 16.5. The maximum atomic E-state index is 12.1. The van der Waals surface area contributed by atoms with Gasteiger partial charge in [0.25, 0.3) is 0 Å². The van der Waals surface area contributed by atoms with Crippen molar-refractivity contribution < 1.29 is 28.5 Å². The standard InChI is InChI=1S/C19H20O6/c1-21-12-5-6-13-14(10-18(20)25-15(13)9-12)11-7-16(22-2)19(24-4)17(8-11)23-3/h5-9,14H,10H2,1-4H3/t14-/m1/s1. The molecule has 0 unspecified atom stereocenters. The van der Waals surface area contributed by atoms with Crippen LogP contribution in [0.3, 0.4) is 0 Å². The molecule has 0 spiro atoms. The van der Waals surface area contributed by atoms with Crippen LogP contribution in [0, 0.1) is 0 Å². The zero-order valence-corrected chi connectivity index (χ0v) is 14.6. The molecule has 0 aromatic heterocycles. The van der Waals surface area contributed by atoms with Gasteiger partial charge in [-0.15, -0.1) is 0 Å². The summed E-state index contributed by atoms with van der Waals surface area (Å²) in [5.41, 5.74) is 1.80. The molecule has 25 heavy (non-hydrogen) atoms. The van der Waals surface area contributed by atoms with Gasteiger partial charge in [-0.1, -0.05) is 6.07 Å². The molecule has 2 aromatic carbocycles. The predicted molar refractivity (Wildman–Crippen MR) is 91.2 cm³/mol. The smallest absolute Gasteiger partial charge is 0.312 e. The number of methoxy groups -OCH3 is 4. The lowest BCUT2D eigenvalue weighted by molar-refractivity contribution is -0.135. The molecule has 6 heteroatoms. The van der Waals surface area contributed by atoms with Gasteiger partial charge >= 0.3 is 5.97 Å². The molecule has 1 aliphatic heterocycles. The van der Waals surface area contributed by atoms with E-state index in [1.54, 1.807) is 34.5 Å². The van der Waals surface area contributed by atoms with Gasteiger partial charge in [0.1, 0.15) is 11.5 Å². The number of rotatable bonds is 5. The second-order valence-corrected chi connectivity index (χ2v) is 5.59. The lowest BCUT2D eigenvalue weighted by Crippen LogP contribution is -2.21. The lowest BCUT2D eigenvalue weighted by atomic mass is 9.86. The molecule has 1 heterocycles. The van der Waals surface area contributed by atoms with Crippen molar-refractivity contribution in [2.45, 2.75) is 12.3 Å². The van der Waals surface area contributed by atoms with Gasteiger partial charge in [0.2, 0.25) is 5.75 Å². The zero-order chi connectivity index (χ0) is 18.0. The molecule has 1 aliphatic rings. The SMILES string of the molecule is COc1ccc2c(c1)OC(=O)C[C@@H]2c1cc(OC)c(OC)c(OC)c1. The first-order chi connectivity index (χ1) is 12.1. The first kappa shape index (κ1) is 17.0. The minimum absolute atomic E-state index is 0.170. The molecule has 0 amide bonds. The van der Waals surface area contributed by atoms with Crippen LogP contribution in [-0.2, 0) is 4.79 Å². The first-order valence-corrected chi connectivity index (χ1v) is 7.79. The molecule has 0 N–H and O–H groups in total. The van der Waals surface area contributed by atoms with Crippen LogP contribution in [0.5, 0.6) is 28.7 Å². The number of hydrogen-bond donors (Lipinski definition) is 0. The van der Waals surface area contributed by atoms with E-state index < -0.39 is 0 Å².